The quantitative estimate of drug-likeness (QED) is 0.334. The van der Waals surface area contributed by atoms with Gasteiger partial charge in [-0.2, -0.15) is 0 Å². The molecule has 0 bridgehead atoms. The van der Waals surface area contributed by atoms with Crippen molar-refractivity contribution in [3.05, 3.63) is 48.6 Å². The van der Waals surface area contributed by atoms with Gasteiger partial charge in [-0.15, -0.1) is 6.58 Å². The van der Waals surface area contributed by atoms with Crippen LogP contribution >= 0.6 is 0 Å². The molecule has 0 heterocycles. The second-order valence-electron chi connectivity index (χ2n) is 4.00. The maximum atomic E-state index is 11.4. The van der Waals surface area contributed by atoms with Gasteiger partial charge in [0.2, 0.25) is 0 Å². The molecule has 20 heavy (non-hydrogen) atoms. The van der Waals surface area contributed by atoms with Gasteiger partial charge in [0.15, 0.2) is 0 Å². The van der Waals surface area contributed by atoms with Gasteiger partial charge in [0.1, 0.15) is 12.6 Å². The third-order valence-corrected chi connectivity index (χ3v) is 2.34. The second kappa shape index (κ2) is 8.84. The number of ether oxygens (including phenoxy) is 2. The number of esters is 1. The summed E-state index contributed by atoms with van der Waals surface area (Å²) in [4.78, 5) is 22.7. The number of nitrogens with one attached hydrogen (secondary N) is 1. The SMILES string of the molecule is C=CCNC[C@H](N)C(=O)OC(=O)OCc1ccccc1. The van der Waals surface area contributed by atoms with Crippen molar-refractivity contribution in [1.29, 1.82) is 0 Å². The fraction of sp³-hybridized carbons (Fsp3) is 0.286. The highest BCUT2D eigenvalue weighted by Gasteiger charge is 2.19. The van der Waals surface area contributed by atoms with Gasteiger partial charge in [-0.05, 0) is 5.56 Å². The Morgan fingerprint density at radius 3 is 2.70 bits per heavy atom. The van der Waals surface area contributed by atoms with E-state index >= 15 is 0 Å². The monoisotopic (exact) mass is 278 g/mol. The lowest BCUT2D eigenvalue weighted by molar-refractivity contribution is -0.141. The number of carbonyl (C=O) groups is 2. The first kappa shape index (κ1) is 15.9. The van der Waals surface area contributed by atoms with E-state index in [1.807, 2.05) is 18.2 Å². The lowest BCUT2D eigenvalue weighted by Gasteiger charge is -2.10. The minimum Gasteiger partial charge on any atom is -0.429 e. The predicted octanol–water partition coefficient (Wildman–Crippen LogP) is 0.969. The summed E-state index contributed by atoms with van der Waals surface area (Å²) in [7, 11) is 0. The van der Waals surface area contributed by atoms with E-state index in [4.69, 9.17) is 10.5 Å². The van der Waals surface area contributed by atoms with Crippen LogP contribution in [0.15, 0.2) is 43.0 Å². The summed E-state index contributed by atoms with van der Waals surface area (Å²) in [5.41, 5.74) is 6.33. The zero-order chi connectivity index (χ0) is 14.8. The Balaban J connectivity index is 2.27. The van der Waals surface area contributed by atoms with Crippen LogP contribution in [-0.4, -0.2) is 31.3 Å². The van der Waals surface area contributed by atoms with Crippen molar-refractivity contribution in [2.24, 2.45) is 5.73 Å². The van der Waals surface area contributed by atoms with E-state index in [0.29, 0.717) is 6.54 Å². The molecule has 0 aliphatic rings. The molecule has 108 valence electrons. The molecular formula is C14H18N2O4. The van der Waals surface area contributed by atoms with Crippen LogP contribution in [0.3, 0.4) is 0 Å². The Morgan fingerprint density at radius 1 is 1.35 bits per heavy atom. The highest BCUT2D eigenvalue weighted by atomic mass is 16.7. The van der Waals surface area contributed by atoms with E-state index in [1.165, 1.54) is 0 Å². The van der Waals surface area contributed by atoms with Crippen LogP contribution in [0.5, 0.6) is 0 Å². The first-order valence-electron chi connectivity index (χ1n) is 6.13. The predicted molar refractivity (Wildman–Crippen MR) is 73.8 cm³/mol. The summed E-state index contributed by atoms with van der Waals surface area (Å²) in [6.45, 7) is 4.25. The molecular weight excluding hydrogens is 260 g/mol. The van der Waals surface area contributed by atoms with Gasteiger partial charge < -0.3 is 20.5 Å². The van der Waals surface area contributed by atoms with Crippen LogP contribution in [-0.2, 0) is 20.9 Å². The zero-order valence-electron chi connectivity index (χ0n) is 11.1. The van der Waals surface area contributed by atoms with Gasteiger partial charge in [0.25, 0.3) is 0 Å². The summed E-state index contributed by atoms with van der Waals surface area (Å²) < 4.78 is 9.27. The highest BCUT2D eigenvalue weighted by molar-refractivity contribution is 5.85. The van der Waals surface area contributed by atoms with Gasteiger partial charge in [0.05, 0.1) is 0 Å². The van der Waals surface area contributed by atoms with Crippen LogP contribution in [0.4, 0.5) is 4.79 Å². The Kier molecular flexibility index (Phi) is 7.02. The van der Waals surface area contributed by atoms with Gasteiger partial charge in [-0.3, -0.25) is 0 Å². The van der Waals surface area contributed by atoms with E-state index in [0.717, 1.165) is 5.56 Å². The standard InChI is InChI=1S/C14H18N2O4/c1-2-8-16-9-12(15)13(17)20-14(18)19-10-11-6-4-3-5-7-11/h2-7,12,16H,1,8-10,15H2/t12-/m0/s1. The molecule has 1 aromatic carbocycles. The zero-order valence-corrected chi connectivity index (χ0v) is 11.1. The molecule has 0 aliphatic carbocycles. The van der Waals surface area contributed by atoms with Crippen molar-refractivity contribution in [2.45, 2.75) is 12.6 Å². The summed E-state index contributed by atoms with van der Waals surface area (Å²) in [5.74, 6) is -0.834. The number of rotatable bonds is 7. The van der Waals surface area contributed by atoms with E-state index in [2.05, 4.69) is 16.6 Å². The van der Waals surface area contributed by atoms with E-state index in [9.17, 15) is 9.59 Å². The average molecular weight is 278 g/mol. The van der Waals surface area contributed by atoms with Gasteiger partial charge in [-0.1, -0.05) is 36.4 Å². The molecule has 6 nitrogen and oxygen atoms in total. The molecule has 0 fully saturated rings. The Labute approximate surface area is 117 Å². The maximum Gasteiger partial charge on any atom is 0.516 e. The molecule has 3 N–H and O–H groups in total. The smallest absolute Gasteiger partial charge is 0.429 e. The lowest BCUT2D eigenvalue weighted by atomic mass is 10.2. The topological polar surface area (TPSA) is 90.6 Å². The molecule has 1 aromatic rings. The number of carbonyl (C=O) groups excluding carboxylic acids is 2. The van der Waals surface area contributed by atoms with Crippen molar-refractivity contribution in [2.75, 3.05) is 13.1 Å². The van der Waals surface area contributed by atoms with Gasteiger partial charge >= 0.3 is 12.1 Å². The first-order valence-corrected chi connectivity index (χ1v) is 6.13. The number of hydrogen-bond donors (Lipinski definition) is 2. The maximum absolute atomic E-state index is 11.4. The van der Waals surface area contributed by atoms with E-state index in [1.54, 1.807) is 18.2 Å². The molecule has 0 saturated carbocycles. The Morgan fingerprint density at radius 2 is 2.05 bits per heavy atom. The van der Waals surface area contributed by atoms with Crippen molar-refractivity contribution in [3.63, 3.8) is 0 Å². The van der Waals surface area contributed by atoms with Crippen LogP contribution in [0, 0.1) is 0 Å². The van der Waals surface area contributed by atoms with Crippen LogP contribution in [0.1, 0.15) is 5.56 Å². The minimum absolute atomic E-state index is 0.0386. The van der Waals surface area contributed by atoms with Crippen molar-refractivity contribution in [1.82, 2.24) is 5.32 Å². The molecule has 0 saturated heterocycles. The fourth-order valence-corrected chi connectivity index (χ4v) is 1.33. The van der Waals surface area contributed by atoms with Crippen LogP contribution in [0.2, 0.25) is 0 Å². The average Bonchev–Trinajstić information content (AvgIpc) is 2.46. The molecule has 6 heteroatoms. The normalized spacial score (nSPS) is 11.4. The molecule has 0 amide bonds. The molecule has 1 rings (SSSR count). The third kappa shape index (κ3) is 6.12. The van der Waals surface area contributed by atoms with E-state index in [-0.39, 0.29) is 13.2 Å². The van der Waals surface area contributed by atoms with Gasteiger partial charge in [-0.25, -0.2) is 9.59 Å². The minimum atomic E-state index is -1.06. The first-order chi connectivity index (χ1) is 9.63. The lowest BCUT2D eigenvalue weighted by Crippen LogP contribution is -2.42. The molecule has 0 unspecified atom stereocenters. The summed E-state index contributed by atoms with van der Waals surface area (Å²) in [5, 5.41) is 2.85. The van der Waals surface area contributed by atoms with Crippen molar-refractivity contribution >= 4 is 12.1 Å². The van der Waals surface area contributed by atoms with Gasteiger partial charge in [0, 0.05) is 13.1 Å². The molecule has 0 aromatic heterocycles. The van der Waals surface area contributed by atoms with Crippen molar-refractivity contribution < 1.29 is 19.1 Å². The van der Waals surface area contributed by atoms with Crippen LogP contribution < -0.4 is 11.1 Å². The number of hydrogen-bond acceptors (Lipinski definition) is 6. The molecule has 0 spiro atoms. The summed E-state index contributed by atoms with van der Waals surface area (Å²) >= 11 is 0. The summed E-state index contributed by atoms with van der Waals surface area (Å²) in [6, 6.07) is 8.13. The van der Waals surface area contributed by atoms with Crippen molar-refractivity contribution in [3.8, 4) is 0 Å². The van der Waals surface area contributed by atoms with Crippen LogP contribution in [0.25, 0.3) is 0 Å². The Bertz CT molecular complexity index is 448. The van der Waals surface area contributed by atoms with E-state index < -0.39 is 18.2 Å². The molecule has 0 aliphatic heterocycles. The second-order valence-corrected chi connectivity index (χ2v) is 4.00. The number of benzene rings is 1. The Hall–Kier alpha value is -2.18. The largest absolute Gasteiger partial charge is 0.516 e. The highest BCUT2D eigenvalue weighted by Crippen LogP contribution is 2.01. The molecule has 0 radical (unpaired) electrons. The molecule has 1 atom stereocenters. The fourth-order valence-electron chi connectivity index (χ4n) is 1.33. The summed E-state index contributed by atoms with van der Waals surface area (Å²) in [6.07, 6.45) is 0.574. The third-order valence-electron chi connectivity index (χ3n) is 2.34. The number of nitrogens with two attached hydrogens (primary N) is 1.